The first kappa shape index (κ1) is 18.2. The molecule has 1 N–H and O–H groups in total. The second-order valence-corrected chi connectivity index (χ2v) is 6.98. The van der Waals surface area contributed by atoms with E-state index in [2.05, 4.69) is 20.4 Å². The lowest BCUT2D eigenvalue weighted by atomic mass is 10.2. The molecule has 144 valence electrons. The number of aromatic nitrogens is 3. The van der Waals surface area contributed by atoms with E-state index >= 15 is 0 Å². The van der Waals surface area contributed by atoms with E-state index in [1.165, 1.54) is 12.8 Å². The summed E-state index contributed by atoms with van der Waals surface area (Å²) >= 11 is 0. The Balaban J connectivity index is 1.69. The Morgan fingerprint density at radius 3 is 2.46 bits per heavy atom. The van der Waals surface area contributed by atoms with Crippen molar-refractivity contribution in [2.24, 2.45) is 0 Å². The minimum Gasteiger partial charge on any atom is -0.360 e. The minimum absolute atomic E-state index is 0.314. The summed E-state index contributed by atoms with van der Waals surface area (Å²) in [5, 5.41) is 6.57. The first-order chi connectivity index (χ1) is 13.7. The van der Waals surface area contributed by atoms with E-state index in [1.54, 1.807) is 19.1 Å². The van der Waals surface area contributed by atoms with Crippen molar-refractivity contribution in [2.75, 3.05) is 23.3 Å². The molecular formula is C21H23N5O2. The van der Waals surface area contributed by atoms with Gasteiger partial charge in [0.2, 0.25) is 0 Å². The number of nitrogens with zero attached hydrogens (tertiary/aromatic N) is 4. The number of carbonyl (C=O) groups is 1. The fourth-order valence-corrected chi connectivity index (χ4v) is 3.33. The van der Waals surface area contributed by atoms with Crippen LogP contribution in [0.1, 0.15) is 41.9 Å². The zero-order valence-corrected chi connectivity index (χ0v) is 15.9. The van der Waals surface area contributed by atoms with E-state index in [-0.39, 0.29) is 5.91 Å². The number of benzene rings is 1. The lowest BCUT2D eigenvalue weighted by Crippen LogP contribution is -2.26. The molecule has 0 aliphatic carbocycles. The van der Waals surface area contributed by atoms with Crippen LogP contribution >= 0.6 is 0 Å². The maximum atomic E-state index is 12.8. The molecule has 3 aromatic rings. The second kappa shape index (κ2) is 8.21. The van der Waals surface area contributed by atoms with Crippen LogP contribution in [0.2, 0.25) is 0 Å². The predicted molar refractivity (Wildman–Crippen MR) is 107 cm³/mol. The van der Waals surface area contributed by atoms with Gasteiger partial charge in [0.15, 0.2) is 11.6 Å². The van der Waals surface area contributed by atoms with Crippen LogP contribution in [0.5, 0.6) is 0 Å². The van der Waals surface area contributed by atoms with Gasteiger partial charge in [-0.2, -0.15) is 0 Å². The van der Waals surface area contributed by atoms with Crippen molar-refractivity contribution in [1.82, 2.24) is 15.1 Å². The second-order valence-electron chi connectivity index (χ2n) is 6.98. The lowest BCUT2D eigenvalue weighted by molar-refractivity contribution is 0.102. The third-order valence-electron chi connectivity index (χ3n) is 4.78. The van der Waals surface area contributed by atoms with Crippen molar-refractivity contribution in [3.63, 3.8) is 0 Å². The van der Waals surface area contributed by atoms with E-state index in [0.29, 0.717) is 23.1 Å². The van der Waals surface area contributed by atoms with Gasteiger partial charge in [0, 0.05) is 30.8 Å². The van der Waals surface area contributed by atoms with Crippen molar-refractivity contribution in [1.29, 1.82) is 0 Å². The lowest BCUT2D eigenvalue weighted by Gasteiger charge is -2.22. The number of aryl methyl sites for hydroxylation is 1. The Bertz CT molecular complexity index is 946. The standard InChI is InChI=1S/C21H23N5O2/c1-15-13-18(25-28-15)23-21(27)17-14-19(26-11-7-2-3-8-12-26)24-20(22-17)16-9-5-4-6-10-16/h4-6,9-10,13-14H,2-3,7-8,11-12H2,1H3,(H,23,25,27). The summed E-state index contributed by atoms with van der Waals surface area (Å²) in [5.74, 6) is 2.01. The quantitative estimate of drug-likeness (QED) is 0.738. The van der Waals surface area contributed by atoms with Gasteiger partial charge in [-0.15, -0.1) is 0 Å². The molecule has 0 bridgehead atoms. The Kier molecular flexibility index (Phi) is 5.32. The average Bonchev–Trinajstić information content (AvgIpc) is 2.96. The predicted octanol–water partition coefficient (Wildman–Crippen LogP) is 4.07. The molecule has 2 aromatic heterocycles. The first-order valence-corrected chi connectivity index (χ1v) is 9.63. The highest BCUT2D eigenvalue weighted by atomic mass is 16.5. The number of hydrogen-bond acceptors (Lipinski definition) is 6. The molecule has 0 radical (unpaired) electrons. The molecule has 1 aliphatic rings. The Morgan fingerprint density at radius 2 is 1.79 bits per heavy atom. The third-order valence-corrected chi connectivity index (χ3v) is 4.78. The van der Waals surface area contributed by atoms with E-state index in [4.69, 9.17) is 9.51 Å². The molecule has 1 aromatic carbocycles. The fraction of sp³-hybridized carbons (Fsp3) is 0.333. The van der Waals surface area contributed by atoms with Crippen molar-refractivity contribution >= 4 is 17.5 Å². The minimum atomic E-state index is -0.330. The van der Waals surface area contributed by atoms with Crippen LogP contribution in [0.4, 0.5) is 11.6 Å². The smallest absolute Gasteiger partial charge is 0.275 e. The molecule has 1 aliphatic heterocycles. The number of hydrogen-bond donors (Lipinski definition) is 1. The van der Waals surface area contributed by atoms with Crippen molar-refractivity contribution in [3.05, 3.63) is 53.9 Å². The molecule has 0 atom stereocenters. The summed E-state index contributed by atoms with van der Waals surface area (Å²) < 4.78 is 5.02. The summed E-state index contributed by atoms with van der Waals surface area (Å²) in [6.45, 7) is 3.65. The first-order valence-electron chi connectivity index (χ1n) is 9.63. The molecule has 7 nitrogen and oxygen atoms in total. The molecule has 3 heterocycles. The Hall–Kier alpha value is -3.22. The van der Waals surface area contributed by atoms with E-state index in [0.717, 1.165) is 37.3 Å². The highest BCUT2D eigenvalue weighted by Crippen LogP contribution is 2.23. The summed E-state index contributed by atoms with van der Waals surface area (Å²) in [5.41, 5.74) is 1.19. The van der Waals surface area contributed by atoms with Gasteiger partial charge in [-0.25, -0.2) is 9.97 Å². The summed E-state index contributed by atoms with van der Waals surface area (Å²) in [7, 11) is 0. The summed E-state index contributed by atoms with van der Waals surface area (Å²) in [4.78, 5) is 24.3. The molecule has 1 saturated heterocycles. The van der Waals surface area contributed by atoms with Gasteiger partial charge in [0.25, 0.3) is 5.91 Å². The number of amides is 1. The zero-order chi connectivity index (χ0) is 19.3. The maximum absolute atomic E-state index is 12.8. The molecule has 28 heavy (non-hydrogen) atoms. The zero-order valence-electron chi connectivity index (χ0n) is 15.9. The normalized spacial score (nSPS) is 14.5. The van der Waals surface area contributed by atoms with Gasteiger partial charge in [-0.3, -0.25) is 4.79 Å². The highest BCUT2D eigenvalue weighted by Gasteiger charge is 2.18. The molecule has 0 unspecified atom stereocenters. The van der Waals surface area contributed by atoms with E-state index < -0.39 is 0 Å². The van der Waals surface area contributed by atoms with Crippen LogP contribution < -0.4 is 10.2 Å². The van der Waals surface area contributed by atoms with Crippen molar-refractivity contribution < 1.29 is 9.32 Å². The summed E-state index contributed by atoms with van der Waals surface area (Å²) in [6, 6.07) is 13.2. The molecule has 7 heteroatoms. The number of carbonyl (C=O) groups excluding carboxylic acids is 1. The third kappa shape index (κ3) is 4.19. The molecule has 4 rings (SSSR count). The van der Waals surface area contributed by atoms with Gasteiger partial charge in [-0.1, -0.05) is 48.3 Å². The van der Waals surface area contributed by atoms with Gasteiger partial charge in [0.1, 0.15) is 17.3 Å². The van der Waals surface area contributed by atoms with Crippen molar-refractivity contribution in [3.8, 4) is 11.4 Å². The molecule has 0 spiro atoms. The van der Waals surface area contributed by atoms with Crippen LogP contribution in [0.25, 0.3) is 11.4 Å². The number of rotatable bonds is 4. The fourth-order valence-electron chi connectivity index (χ4n) is 3.33. The Labute approximate surface area is 163 Å². The van der Waals surface area contributed by atoms with Gasteiger partial charge < -0.3 is 14.7 Å². The highest BCUT2D eigenvalue weighted by molar-refractivity contribution is 6.03. The monoisotopic (exact) mass is 377 g/mol. The van der Waals surface area contributed by atoms with E-state index in [9.17, 15) is 4.79 Å². The largest absolute Gasteiger partial charge is 0.360 e. The molecule has 0 saturated carbocycles. The molecule has 1 fully saturated rings. The SMILES string of the molecule is Cc1cc(NC(=O)c2cc(N3CCCCCC3)nc(-c3ccccc3)n2)no1. The van der Waals surface area contributed by atoms with Crippen LogP contribution in [0.3, 0.4) is 0 Å². The molecular weight excluding hydrogens is 354 g/mol. The molecule has 1 amide bonds. The maximum Gasteiger partial charge on any atom is 0.275 e. The van der Waals surface area contributed by atoms with Crippen LogP contribution in [0.15, 0.2) is 47.0 Å². The topological polar surface area (TPSA) is 84.2 Å². The van der Waals surface area contributed by atoms with Crippen molar-refractivity contribution in [2.45, 2.75) is 32.6 Å². The van der Waals surface area contributed by atoms with Crippen LogP contribution in [0, 0.1) is 6.92 Å². The van der Waals surface area contributed by atoms with Crippen LogP contribution in [-0.2, 0) is 0 Å². The van der Waals surface area contributed by atoms with Gasteiger partial charge in [0.05, 0.1) is 0 Å². The average molecular weight is 377 g/mol. The number of anilines is 2. The van der Waals surface area contributed by atoms with Gasteiger partial charge >= 0.3 is 0 Å². The van der Waals surface area contributed by atoms with E-state index in [1.807, 2.05) is 30.3 Å². The summed E-state index contributed by atoms with van der Waals surface area (Å²) in [6.07, 6.45) is 4.72. The Morgan fingerprint density at radius 1 is 1.04 bits per heavy atom. The van der Waals surface area contributed by atoms with Crippen LogP contribution in [-0.4, -0.2) is 34.1 Å². The number of nitrogens with one attached hydrogen (secondary N) is 1. The van der Waals surface area contributed by atoms with Gasteiger partial charge in [-0.05, 0) is 19.8 Å².